The summed E-state index contributed by atoms with van der Waals surface area (Å²) in [6.07, 6.45) is 2.16. The first kappa shape index (κ1) is 25.7. The Kier molecular flexibility index (Phi) is 9.53. The lowest BCUT2D eigenvalue weighted by molar-refractivity contribution is -0.139. The topological polar surface area (TPSA) is 86.8 Å². The van der Waals surface area contributed by atoms with E-state index in [0.29, 0.717) is 30.1 Å². The molecule has 2 aromatic carbocycles. The number of hydrogen-bond acceptors (Lipinski definition) is 4. The third kappa shape index (κ3) is 7.53. The predicted molar refractivity (Wildman–Crippen MR) is 128 cm³/mol. The highest BCUT2D eigenvalue weighted by atomic mass is 35.5. The van der Waals surface area contributed by atoms with Gasteiger partial charge in [0.2, 0.25) is 21.8 Å². The molecule has 0 saturated carbocycles. The number of anilines is 1. The smallest absolute Gasteiger partial charge is 0.242 e. The number of carbonyl (C=O) groups excluding carboxylic acids is 2. The van der Waals surface area contributed by atoms with E-state index in [1.807, 2.05) is 30.3 Å². The number of carbonyl (C=O) groups is 2. The molecule has 0 radical (unpaired) electrons. The number of rotatable bonds is 11. The molecule has 2 amide bonds. The molecule has 32 heavy (non-hydrogen) atoms. The number of sulfonamides is 1. The van der Waals surface area contributed by atoms with Crippen molar-refractivity contribution < 1.29 is 18.0 Å². The summed E-state index contributed by atoms with van der Waals surface area (Å²) in [5, 5.41) is 3.02. The maximum atomic E-state index is 13.0. The summed E-state index contributed by atoms with van der Waals surface area (Å²) in [5.74, 6) is -0.445. The van der Waals surface area contributed by atoms with Crippen molar-refractivity contribution in [1.82, 2.24) is 10.2 Å². The summed E-state index contributed by atoms with van der Waals surface area (Å²) in [5.41, 5.74) is 1.52. The van der Waals surface area contributed by atoms with Gasteiger partial charge < -0.3 is 10.2 Å². The molecule has 2 aromatic rings. The summed E-state index contributed by atoms with van der Waals surface area (Å²) in [7, 11) is -2.01. The molecule has 1 atom stereocenters. The van der Waals surface area contributed by atoms with Gasteiger partial charge in [0.25, 0.3) is 0 Å². The van der Waals surface area contributed by atoms with Crippen LogP contribution in [0.25, 0.3) is 0 Å². The zero-order valence-electron chi connectivity index (χ0n) is 18.6. The largest absolute Gasteiger partial charge is 0.357 e. The highest BCUT2D eigenvalue weighted by Gasteiger charge is 2.25. The van der Waals surface area contributed by atoms with Crippen molar-refractivity contribution in [2.75, 3.05) is 30.7 Å². The van der Waals surface area contributed by atoms with Crippen LogP contribution in [0.2, 0.25) is 5.02 Å². The molecule has 9 heteroatoms. The Morgan fingerprint density at radius 2 is 1.75 bits per heavy atom. The van der Waals surface area contributed by atoms with Crippen molar-refractivity contribution in [2.45, 2.75) is 32.2 Å². The van der Waals surface area contributed by atoms with Crippen molar-refractivity contribution in [3.63, 3.8) is 0 Å². The van der Waals surface area contributed by atoms with E-state index < -0.39 is 16.1 Å². The molecule has 7 nitrogen and oxygen atoms in total. The second-order valence-corrected chi connectivity index (χ2v) is 9.87. The molecule has 0 heterocycles. The van der Waals surface area contributed by atoms with Crippen LogP contribution < -0.4 is 9.62 Å². The lowest BCUT2D eigenvalue weighted by Gasteiger charge is -2.29. The molecule has 0 aliphatic rings. The second kappa shape index (κ2) is 11.9. The van der Waals surface area contributed by atoms with Crippen molar-refractivity contribution in [1.29, 1.82) is 0 Å². The number of nitrogens with zero attached hydrogens (tertiary/aromatic N) is 2. The SMILES string of the molecule is CNC(=O)[C@H](C)N(CCc1ccccc1)C(=O)CCCN(c1cccc(Cl)c1)S(C)(=O)=O. The van der Waals surface area contributed by atoms with Crippen LogP contribution in [0.3, 0.4) is 0 Å². The molecule has 0 unspecified atom stereocenters. The minimum atomic E-state index is -3.55. The highest BCUT2D eigenvalue weighted by molar-refractivity contribution is 7.92. The van der Waals surface area contributed by atoms with Gasteiger partial charge in [0, 0.05) is 31.6 Å². The van der Waals surface area contributed by atoms with Crippen molar-refractivity contribution in [3.05, 3.63) is 65.2 Å². The maximum Gasteiger partial charge on any atom is 0.242 e. The molecule has 0 saturated heterocycles. The van der Waals surface area contributed by atoms with Crippen molar-refractivity contribution in [3.8, 4) is 0 Å². The van der Waals surface area contributed by atoms with Crippen LogP contribution in [0.1, 0.15) is 25.3 Å². The van der Waals surface area contributed by atoms with Crippen LogP contribution in [0, 0.1) is 0 Å². The minimum Gasteiger partial charge on any atom is -0.357 e. The lowest BCUT2D eigenvalue weighted by Crippen LogP contribution is -2.48. The van der Waals surface area contributed by atoms with E-state index in [4.69, 9.17) is 11.6 Å². The Morgan fingerprint density at radius 1 is 1.06 bits per heavy atom. The Morgan fingerprint density at radius 3 is 2.34 bits per heavy atom. The van der Waals surface area contributed by atoms with Gasteiger partial charge >= 0.3 is 0 Å². The number of nitrogens with one attached hydrogen (secondary N) is 1. The van der Waals surface area contributed by atoms with Gasteiger partial charge in [0.15, 0.2) is 0 Å². The molecule has 1 N–H and O–H groups in total. The molecular weight excluding hydrogens is 450 g/mol. The van der Waals surface area contributed by atoms with E-state index in [-0.39, 0.29) is 24.8 Å². The van der Waals surface area contributed by atoms with Gasteiger partial charge in [-0.3, -0.25) is 13.9 Å². The molecule has 0 fully saturated rings. The van der Waals surface area contributed by atoms with E-state index in [2.05, 4.69) is 5.32 Å². The molecule has 0 aliphatic heterocycles. The summed E-state index contributed by atoms with van der Waals surface area (Å²) in [4.78, 5) is 26.8. The molecule has 174 valence electrons. The van der Waals surface area contributed by atoms with Gasteiger partial charge in [-0.1, -0.05) is 48.0 Å². The summed E-state index contributed by atoms with van der Waals surface area (Å²) in [6, 6.07) is 15.7. The van der Waals surface area contributed by atoms with Gasteiger partial charge in [0.1, 0.15) is 6.04 Å². The first-order valence-electron chi connectivity index (χ1n) is 10.4. The van der Waals surface area contributed by atoms with Crippen LogP contribution in [0.5, 0.6) is 0 Å². The Hall–Kier alpha value is -2.58. The summed E-state index contributed by atoms with van der Waals surface area (Å²) >= 11 is 6.01. The van der Waals surface area contributed by atoms with Crippen LogP contribution >= 0.6 is 11.6 Å². The normalized spacial score (nSPS) is 12.1. The fourth-order valence-corrected chi connectivity index (χ4v) is 4.56. The van der Waals surface area contributed by atoms with Gasteiger partial charge in [-0.05, 0) is 43.5 Å². The number of hydrogen-bond donors (Lipinski definition) is 1. The van der Waals surface area contributed by atoms with E-state index in [1.165, 1.54) is 11.4 Å². The fraction of sp³-hybridized carbons (Fsp3) is 0.391. The molecule has 0 aliphatic carbocycles. The van der Waals surface area contributed by atoms with E-state index in [9.17, 15) is 18.0 Å². The van der Waals surface area contributed by atoms with Crippen LogP contribution in [-0.4, -0.2) is 57.6 Å². The quantitative estimate of drug-likeness (QED) is 0.536. The van der Waals surface area contributed by atoms with Crippen molar-refractivity contribution in [2.24, 2.45) is 0 Å². The Balaban J connectivity index is 2.07. The second-order valence-electron chi connectivity index (χ2n) is 7.53. The molecule has 0 bridgehead atoms. The first-order valence-corrected chi connectivity index (χ1v) is 12.6. The van der Waals surface area contributed by atoms with Gasteiger partial charge in [0.05, 0.1) is 11.9 Å². The van der Waals surface area contributed by atoms with Crippen LogP contribution in [0.4, 0.5) is 5.69 Å². The molecule has 2 rings (SSSR count). The Labute approximate surface area is 195 Å². The first-order chi connectivity index (χ1) is 15.1. The number of benzene rings is 2. The average molecular weight is 480 g/mol. The number of amides is 2. The van der Waals surface area contributed by atoms with Crippen LogP contribution in [-0.2, 0) is 26.0 Å². The maximum absolute atomic E-state index is 13.0. The fourth-order valence-electron chi connectivity index (χ4n) is 3.41. The molecular formula is C23H30ClN3O4S. The average Bonchev–Trinajstić information content (AvgIpc) is 2.76. The van der Waals surface area contributed by atoms with Crippen LogP contribution in [0.15, 0.2) is 54.6 Å². The summed E-state index contributed by atoms with van der Waals surface area (Å²) in [6.45, 7) is 2.21. The highest BCUT2D eigenvalue weighted by Crippen LogP contribution is 2.22. The van der Waals surface area contributed by atoms with E-state index in [0.717, 1.165) is 11.8 Å². The minimum absolute atomic E-state index is 0.114. The predicted octanol–water partition coefficient (Wildman–Crippen LogP) is 3.09. The summed E-state index contributed by atoms with van der Waals surface area (Å²) < 4.78 is 25.8. The standard InChI is InChI=1S/C23H30ClN3O4S/c1-18(23(29)25-2)26(16-14-19-9-5-4-6-10-19)22(28)13-8-15-27(32(3,30)31)21-12-7-11-20(24)17-21/h4-7,9-12,17-18H,8,13-16H2,1-3H3,(H,25,29)/t18-/m0/s1. The third-order valence-corrected chi connectivity index (χ3v) is 6.58. The molecule has 0 spiro atoms. The van der Waals surface area contributed by atoms with Crippen molar-refractivity contribution >= 4 is 39.1 Å². The number of halogens is 1. The van der Waals surface area contributed by atoms with E-state index in [1.54, 1.807) is 36.1 Å². The zero-order valence-corrected chi connectivity index (χ0v) is 20.2. The van der Waals surface area contributed by atoms with Gasteiger partial charge in [-0.25, -0.2) is 8.42 Å². The molecule has 0 aromatic heterocycles. The third-order valence-electron chi connectivity index (χ3n) is 5.15. The van der Waals surface area contributed by atoms with E-state index >= 15 is 0 Å². The number of likely N-dealkylation sites (N-methyl/N-ethyl adjacent to an activating group) is 1. The van der Waals surface area contributed by atoms with Gasteiger partial charge in [-0.2, -0.15) is 0 Å². The lowest BCUT2D eigenvalue weighted by atomic mass is 10.1. The Bertz CT molecular complexity index is 1010. The zero-order chi connectivity index (χ0) is 23.7. The monoisotopic (exact) mass is 479 g/mol. The van der Waals surface area contributed by atoms with Gasteiger partial charge in [-0.15, -0.1) is 0 Å².